The zero-order valence-corrected chi connectivity index (χ0v) is 10.2. The van der Waals surface area contributed by atoms with Crippen LogP contribution in [0.15, 0.2) is 0 Å². The molecule has 1 N–H and O–H groups in total. The van der Waals surface area contributed by atoms with Crippen LogP contribution in [0.1, 0.15) is 27.2 Å². The molecule has 0 aliphatic carbocycles. The minimum Gasteiger partial charge on any atom is -0.479 e. The van der Waals surface area contributed by atoms with Gasteiger partial charge in [0.25, 0.3) is 0 Å². The molecule has 0 bridgehead atoms. The molecule has 96 valence electrons. The number of ether oxygens (including phenoxy) is 1. The van der Waals surface area contributed by atoms with E-state index in [0.29, 0.717) is 6.42 Å². The number of hydrogen-bond acceptors (Lipinski definition) is 4. The number of carbonyl (C=O) groups is 3. The van der Waals surface area contributed by atoms with Gasteiger partial charge in [-0.2, -0.15) is 0 Å². The van der Waals surface area contributed by atoms with Crippen molar-refractivity contribution in [1.82, 2.24) is 4.90 Å². The number of hydrogen-bond donors (Lipinski definition) is 1. The lowest BCUT2D eigenvalue weighted by atomic mass is 9.86. The van der Waals surface area contributed by atoms with E-state index >= 15 is 0 Å². The third-order valence-corrected chi connectivity index (χ3v) is 3.22. The maximum absolute atomic E-state index is 11.9. The van der Waals surface area contributed by atoms with Gasteiger partial charge in [-0.15, -0.1) is 0 Å². The van der Waals surface area contributed by atoms with Crippen LogP contribution in [-0.4, -0.2) is 46.5 Å². The highest BCUT2D eigenvalue weighted by atomic mass is 16.5. The number of likely N-dealkylation sites (tertiary alicyclic amines) is 1. The first kappa shape index (κ1) is 13.5. The van der Waals surface area contributed by atoms with Crippen LogP contribution in [0.2, 0.25) is 0 Å². The second-order valence-corrected chi connectivity index (χ2v) is 4.15. The third-order valence-electron chi connectivity index (χ3n) is 3.22. The minimum absolute atomic E-state index is 0.0896. The Kier molecular flexibility index (Phi) is 3.75. The van der Waals surface area contributed by atoms with Gasteiger partial charge in [-0.3, -0.25) is 4.79 Å². The third kappa shape index (κ3) is 1.87. The van der Waals surface area contributed by atoms with Gasteiger partial charge in [-0.25, -0.2) is 9.59 Å². The fourth-order valence-electron chi connectivity index (χ4n) is 2.35. The molecule has 0 aromatic rings. The van der Waals surface area contributed by atoms with Gasteiger partial charge in [0.1, 0.15) is 0 Å². The van der Waals surface area contributed by atoms with Crippen LogP contribution in [0.25, 0.3) is 0 Å². The van der Waals surface area contributed by atoms with Gasteiger partial charge < -0.3 is 14.7 Å². The van der Waals surface area contributed by atoms with Crippen LogP contribution in [0, 0.1) is 5.92 Å². The maximum atomic E-state index is 11.9. The second kappa shape index (κ2) is 4.73. The smallest absolute Gasteiger partial charge is 0.344 e. The molecule has 0 saturated carbocycles. The van der Waals surface area contributed by atoms with Crippen molar-refractivity contribution in [3.05, 3.63) is 0 Å². The van der Waals surface area contributed by atoms with Gasteiger partial charge in [-0.1, -0.05) is 6.92 Å². The molecule has 1 fully saturated rings. The van der Waals surface area contributed by atoms with Gasteiger partial charge in [0, 0.05) is 19.4 Å². The molecule has 1 aliphatic heterocycles. The zero-order valence-electron chi connectivity index (χ0n) is 10.2. The molecule has 0 aromatic carbocycles. The molecule has 1 aliphatic rings. The first-order chi connectivity index (χ1) is 7.88. The summed E-state index contributed by atoms with van der Waals surface area (Å²) in [6, 6.07) is 0. The Hall–Kier alpha value is -1.59. The first-order valence-corrected chi connectivity index (χ1v) is 5.57. The monoisotopic (exact) mass is 243 g/mol. The average Bonchev–Trinajstić information content (AvgIpc) is 2.57. The number of rotatable bonds is 3. The molecule has 17 heavy (non-hydrogen) atoms. The molecule has 1 rings (SSSR count). The highest BCUT2D eigenvalue weighted by molar-refractivity contribution is 6.07. The summed E-state index contributed by atoms with van der Waals surface area (Å²) in [5.41, 5.74) is -1.86. The number of carboxylic acids is 1. The molecule has 0 aromatic heterocycles. The largest absolute Gasteiger partial charge is 0.479 e. The van der Waals surface area contributed by atoms with Crippen LogP contribution in [0.4, 0.5) is 0 Å². The molecule has 1 saturated heterocycles. The van der Waals surface area contributed by atoms with Gasteiger partial charge in [0.05, 0.1) is 6.61 Å². The van der Waals surface area contributed by atoms with E-state index in [1.165, 1.54) is 6.92 Å². The van der Waals surface area contributed by atoms with E-state index in [-0.39, 0.29) is 13.2 Å². The van der Waals surface area contributed by atoms with Crippen molar-refractivity contribution in [1.29, 1.82) is 0 Å². The summed E-state index contributed by atoms with van der Waals surface area (Å²) in [6.45, 7) is 4.86. The van der Waals surface area contributed by atoms with E-state index in [1.54, 1.807) is 13.8 Å². The van der Waals surface area contributed by atoms with Gasteiger partial charge in [0.2, 0.25) is 11.4 Å². The summed E-state index contributed by atoms with van der Waals surface area (Å²) in [7, 11) is 0. The Morgan fingerprint density at radius 2 is 2.06 bits per heavy atom. The lowest BCUT2D eigenvalue weighted by Gasteiger charge is -2.34. The van der Waals surface area contributed by atoms with E-state index in [4.69, 9.17) is 4.74 Å². The molecule has 6 heteroatoms. The van der Waals surface area contributed by atoms with E-state index in [2.05, 4.69) is 0 Å². The SMILES string of the molecule is CCOC(=O)C1(C(=O)O)C(C)CCN1C(C)=O. The molecule has 0 radical (unpaired) electrons. The van der Waals surface area contributed by atoms with Crippen LogP contribution in [0.3, 0.4) is 0 Å². The van der Waals surface area contributed by atoms with Crippen molar-refractivity contribution >= 4 is 17.8 Å². The standard InChI is InChI=1S/C11H17NO5/c1-4-17-10(16)11(9(14)15)7(2)5-6-12(11)8(3)13/h7H,4-6H2,1-3H3,(H,14,15). The number of carbonyl (C=O) groups excluding carboxylic acids is 2. The Balaban J connectivity index is 3.23. The number of amides is 1. The van der Waals surface area contributed by atoms with E-state index < -0.39 is 29.3 Å². The van der Waals surface area contributed by atoms with Crippen LogP contribution >= 0.6 is 0 Å². The molecule has 1 amide bonds. The lowest BCUT2D eigenvalue weighted by molar-refractivity contribution is -0.175. The van der Waals surface area contributed by atoms with Crippen molar-refractivity contribution in [2.45, 2.75) is 32.7 Å². The summed E-state index contributed by atoms with van der Waals surface area (Å²) in [5.74, 6) is -3.06. The summed E-state index contributed by atoms with van der Waals surface area (Å²) < 4.78 is 4.83. The predicted octanol–water partition coefficient (Wildman–Crippen LogP) is 0.261. The predicted molar refractivity (Wildman–Crippen MR) is 58.2 cm³/mol. The Labute approximate surface area is 99.5 Å². The van der Waals surface area contributed by atoms with E-state index in [9.17, 15) is 19.5 Å². The van der Waals surface area contributed by atoms with Crippen molar-refractivity contribution in [3.8, 4) is 0 Å². The molecule has 0 spiro atoms. The Bertz CT molecular complexity index is 354. The van der Waals surface area contributed by atoms with Gasteiger partial charge in [-0.05, 0) is 13.3 Å². The summed E-state index contributed by atoms with van der Waals surface area (Å²) in [6.07, 6.45) is 0.477. The van der Waals surface area contributed by atoms with Crippen molar-refractivity contribution in [2.75, 3.05) is 13.2 Å². The Morgan fingerprint density at radius 1 is 1.47 bits per heavy atom. The van der Waals surface area contributed by atoms with Crippen molar-refractivity contribution in [3.63, 3.8) is 0 Å². The average molecular weight is 243 g/mol. The fraction of sp³-hybridized carbons (Fsp3) is 0.727. The number of aliphatic carboxylic acids is 1. The van der Waals surface area contributed by atoms with Gasteiger partial charge in [0.15, 0.2) is 0 Å². The highest BCUT2D eigenvalue weighted by Crippen LogP contribution is 2.36. The molecule has 6 nitrogen and oxygen atoms in total. The van der Waals surface area contributed by atoms with Crippen LogP contribution < -0.4 is 0 Å². The van der Waals surface area contributed by atoms with Gasteiger partial charge >= 0.3 is 11.9 Å². The summed E-state index contributed by atoms with van der Waals surface area (Å²) >= 11 is 0. The second-order valence-electron chi connectivity index (χ2n) is 4.15. The first-order valence-electron chi connectivity index (χ1n) is 5.57. The molecule has 2 atom stereocenters. The topological polar surface area (TPSA) is 83.9 Å². The van der Waals surface area contributed by atoms with E-state index in [0.717, 1.165) is 4.90 Å². The molecular formula is C11H17NO5. The maximum Gasteiger partial charge on any atom is 0.344 e. The highest BCUT2D eigenvalue weighted by Gasteiger charge is 2.61. The van der Waals surface area contributed by atoms with Crippen LogP contribution in [0.5, 0.6) is 0 Å². The fourth-order valence-corrected chi connectivity index (χ4v) is 2.35. The van der Waals surface area contributed by atoms with Crippen molar-refractivity contribution in [2.24, 2.45) is 5.92 Å². The Morgan fingerprint density at radius 3 is 2.47 bits per heavy atom. The van der Waals surface area contributed by atoms with Crippen LogP contribution in [-0.2, 0) is 19.1 Å². The number of esters is 1. The normalized spacial score (nSPS) is 27.9. The summed E-state index contributed by atoms with van der Waals surface area (Å²) in [4.78, 5) is 36.0. The number of nitrogens with zero attached hydrogens (tertiary/aromatic N) is 1. The molecule has 2 unspecified atom stereocenters. The molecule has 1 heterocycles. The zero-order chi connectivity index (χ0) is 13.2. The van der Waals surface area contributed by atoms with E-state index in [1.807, 2.05) is 0 Å². The van der Waals surface area contributed by atoms with Crippen molar-refractivity contribution < 1.29 is 24.2 Å². The quantitative estimate of drug-likeness (QED) is 0.568. The molecular weight excluding hydrogens is 226 g/mol. The number of carboxylic acid groups (broad SMARTS) is 1. The minimum atomic E-state index is -1.86. The lowest BCUT2D eigenvalue weighted by Crippen LogP contribution is -2.61. The summed E-state index contributed by atoms with van der Waals surface area (Å²) in [5, 5.41) is 9.36.